The zero-order chi connectivity index (χ0) is 22.6. The summed E-state index contributed by atoms with van der Waals surface area (Å²) in [4.78, 5) is 24.0. The van der Waals surface area contributed by atoms with Gasteiger partial charge in [-0.1, -0.05) is 19.3 Å². The third-order valence-corrected chi connectivity index (χ3v) is 7.00. The van der Waals surface area contributed by atoms with Crippen LogP contribution in [-0.4, -0.2) is 43.6 Å². The van der Waals surface area contributed by atoms with E-state index in [0.29, 0.717) is 24.8 Å². The van der Waals surface area contributed by atoms with Crippen molar-refractivity contribution in [2.75, 3.05) is 13.1 Å². The number of carbonyl (C=O) groups is 1. The molecule has 5 rings (SSSR count). The fourth-order valence-electron chi connectivity index (χ4n) is 5.22. The molecule has 2 fully saturated rings. The average Bonchev–Trinajstić information content (AvgIpc) is 3.31. The Labute approximate surface area is 193 Å². The highest BCUT2D eigenvalue weighted by atomic mass is 19.1. The number of halogens is 1. The first-order valence-electron chi connectivity index (χ1n) is 12.1. The van der Waals surface area contributed by atoms with E-state index < -0.39 is 0 Å². The van der Waals surface area contributed by atoms with Gasteiger partial charge >= 0.3 is 0 Å². The SMILES string of the molecule is O=C(CC1CCCCC1)N1CCCC(c2cc(-c3ccc(F)cc3)nn2-c2ncccn2)C1. The van der Waals surface area contributed by atoms with E-state index in [9.17, 15) is 9.18 Å². The van der Waals surface area contributed by atoms with Crippen molar-refractivity contribution in [1.29, 1.82) is 0 Å². The van der Waals surface area contributed by atoms with Crippen LogP contribution in [0.5, 0.6) is 0 Å². The summed E-state index contributed by atoms with van der Waals surface area (Å²) in [6.07, 6.45) is 12.2. The third kappa shape index (κ3) is 4.97. The van der Waals surface area contributed by atoms with Crippen LogP contribution in [0.3, 0.4) is 0 Å². The van der Waals surface area contributed by atoms with Crippen LogP contribution in [0.2, 0.25) is 0 Å². The summed E-state index contributed by atoms with van der Waals surface area (Å²) >= 11 is 0. The molecule has 0 N–H and O–H groups in total. The molecule has 1 amide bonds. The topological polar surface area (TPSA) is 63.9 Å². The highest BCUT2D eigenvalue weighted by Crippen LogP contribution is 2.33. The van der Waals surface area contributed by atoms with Crippen molar-refractivity contribution in [2.24, 2.45) is 5.92 Å². The molecule has 1 atom stereocenters. The molecule has 7 heteroatoms. The van der Waals surface area contributed by atoms with E-state index in [2.05, 4.69) is 9.97 Å². The molecule has 1 saturated heterocycles. The first kappa shape index (κ1) is 21.7. The number of hydrogen-bond donors (Lipinski definition) is 0. The Balaban J connectivity index is 1.40. The van der Waals surface area contributed by atoms with Gasteiger partial charge in [-0.05, 0) is 68.0 Å². The summed E-state index contributed by atoms with van der Waals surface area (Å²) in [5.74, 6) is 1.21. The number of piperidine rings is 1. The first-order valence-corrected chi connectivity index (χ1v) is 12.1. The zero-order valence-electron chi connectivity index (χ0n) is 18.9. The standard InChI is InChI=1S/C26H30FN5O/c27-22-11-9-20(10-12-22)23-17-24(32(30-23)26-28-13-5-14-29-26)21-8-4-15-31(18-21)25(33)16-19-6-2-1-3-7-19/h5,9-14,17,19,21H,1-4,6-8,15-16,18H2. The van der Waals surface area contributed by atoms with Crippen LogP contribution in [0.1, 0.15) is 63.0 Å². The molecule has 172 valence electrons. The lowest BCUT2D eigenvalue weighted by atomic mass is 9.86. The molecule has 33 heavy (non-hydrogen) atoms. The van der Waals surface area contributed by atoms with Gasteiger partial charge in [0.1, 0.15) is 5.82 Å². The molecule has 1 aliphatic heterocycles. The lowest BCUT2D eigenvalue weighted by molar-refractivity contribution is -0.133. The molecule has 0 bridgehead atoms. The number of nitrogens with zero attached hydrogens (tertiary/aromatic N) is 5. The average molecular weight is 448 g/mol. The van der Waals surface area contributed by atoms with Gasteiger partial charge in [-0.3, -0.25) is 4.79 Å². The zero-order valence-corrected chi connectivity index (χ0v) is 18.9. The molecular formula is C26H30FN5O. The van der Waals surface area contributed by atoms with Crippen molar-refractivity contribution >= 4 is 5.91 Å². The van der Waals surface area contributed by atoms with Gasteiger partial charge in [0, 0.05) is 43.4 Å². The van der Waals surface area contributed by atoms with Crippen LogP contribution in [0.25, 0.3) is 17.2 Å². The minimum absolute atomic E-state index is 0.152. The Morgan fingerprint density at radius 2 is 1.76 bits per heavy atom. The minimum Gasteiger partial charge on any atom is -0.342 e. The fraction of sp³-hybridized carbons (Fsp3) is 0.462. The monoisotopic (exact) mass is 447 g/mol. The number of amides is 1. The summed E-state index contributed by atoms with van der Waals surface area (Å²) in [5, 5.41) is 4.78. The molecule has 3 heterocycles. The number of aromatic nitrogens is 4. The molecule has 6 nitrogen and oxygen atoms in total. The molecular weight excluding hydrogens is 417 g/mol. The predicted molar refractivity (Wildman–Crippen MR) is 124 cm³/mol. The lowest BCUT2D eigenvalue weighted by Crippen LogP contribution is -2.40. The number of benzene rings is 1. The first-order chi connectivity index (χ1) is 16.2. The predicted octanol–water partition coefficient (Wildman–Crippen LogP) is 5.14. The van der Waals surface area contributed by atoms with E-state index in [1.165, 1.54) is 44.2 Å². The minimum atomic E-state index is -0.274. The van der Waals surface area contributed by atoms with E-state index in [-0.39, 0.29) is 17.6 Å². The van der Waals surface area contributed by atoms with Crippen LogP contribution >= 0.6 is 0 Å². The van der Waals surface area contributed by atoms with Crippen LogP contribution < -0.4 is 0 Å². The van der Waals surface area contributed by atoms with Crippen molar-refractivity contribution in [3.05, 3.63) is 60.3 Å². The quantitative estimate of drug-likeness (QED) is 0.543. The van der Waals surface area contributed by atoms with Gasteiger partial charge in [0.25, 0.3) is 5.95 Å². The van der Waals surface area contributed by atoms with Crippen molar-refractivity contribution in [2.45, 2.75) is 57.3 Å². The summed E-state index contributed by atoms with van der Waals surface area (Å²) in [5.41, 5.74) is 2.59. The molecule has 0 spiro atoms. The van der Waals surface area contributed by atoms with Gasteiger partial charge in [0.15, 0.2) is 0 Å². The maximum Gasteiger partial charge on any atom is 0.250 e. The van der Waals surface area contributed by atoms with Gasteiger partial charge in [-0.15, -0.1) is 0 Å². The van der Waals surface area contributed by atoms with Crippen LogP contribution in [-0.2, 0) is 4.79 Å². The van der Waals surface area contributed by atoms with E-state index in [0.717, 1.165) is 36.3 Å². The van der Waals surface area contributed by atoms with Crippen LogP contribution in [0.15, 0.2) is 48.8 Å². The maximum atomic E-state index is 13.4. The normalized spacial score (nSPS) is 19.5. The second-order valence-electron chi connectivity index (χ2n) is 9.31. The molecule has 0 radical (unpaired) electrons. The Morgan fingerprint density at radius 1 is 1.00 bits per heavy atom. The van der Waals surface area contributed by atoms with E-state index in [1.807, 2.05) is 11.0 Å². The van der Waals surface area contributed by atoms with Gasteiger partial charge in [0.05, 0.1) is 11.4 Å². The van der Waals surface area contributed by atoms with Crippen LogP contribution in [0, 0.1) is 11.7 Å². The molecule has 1 aliphatic carbocycles. The molecule has 1 aromatic carbocycles. The van der Waals surface area contributed by atoms with Gasteiger partial charge < -0.3 is 4.90 Å². The summed E-state index contributed by atoms with van der Waals surface area (Å²) < 4.78 is 15.2. The van der Waals surface area contributed by atoms with Crippen LogP contribution in [0.4, 0.5) is 4.39 Å². The molecule has 2 aliphatic rings. The second-order valence-corrected chi connectivity index (χ2v) is 9.31. The van der Waals surface area contributed by atoms with E-state index in [4.69, 9.17) is 5.10 Å². The summed E-state index contributed by atoms with van der Waals surface area (Å²) in [7, 11) is 0. The maximum absolute atomic E-state index is 13.4. The number of likely N-dealkylation sites (tertiary alicyclic amines) is 1. The van der Waals surface area contributed by atoms with E-state index >= 15 is 0 Å². The Bertz CT molecular complexity index is 1080. The Morgan fingerprint density at radius 3 is 2.52 bits per heavy atom. The van der Waals surface area contributed by atoms with Gasteiger partial charge in [-0.2, -0.15) is 5.10 Å². The number of carbonyl (C=O) groups excluding carboxylic acids is 1. The van der Waals surface area contributed by atoms with Gasteiger partial charge in [0.2, 0.25) is 5.91 Å². The third-order valence-electron chi connectivity index (χ3n) is 7.00. The highest BCUT2D eigenvalue weighted by Gasteiger charge is 2.30. The number of hydrogen-bond acceptors (Lipinski definition) is 4. The Kier molecular flexibility index (Phi) is 6.46. The van der Waals surface area contributed by atoms with Crippen molar-refractivity contribution in [3.8, 4) is 17.2 Å². The summed E-state index contributed by atoms with van der Waals surface area (Å²) in [6.45, 7) is 1.51. The lowest BCUT2D eigenvalue weighted by Gasteiger charge is -2.34. The largest absolute Gasteiger partial charge is 0.342 e. The van der Waals surface area contributed by atoms with Crippen molar-refractivity contribution in [3.63, 3.8) is 0 Å². The molecule has 3 aromatic rings. The van der Waals surface area contributed by atoms with Crippen molar-refractivity contribution < 1.29 is 9.18 Å². The van der Waals surface area contributed by atoms with Crippen molar-refractivity contribution in [1.82, 2.24) is 24.6 Å². The highest BCUT2D eigenvalue weighted by molar-refractivity contribution is 5.76. The molecule has 2 aromatic heterocycles. The van der Waals surface area contributed by atoms with E-state index in [1.54, 1.807) is 35.3 Å². The second kappa shape index (κ2) is 9.81. The number of rotatable bonds is 5. The fourth-order valence-corrected chi connectivity index (χ4v) is 5.22. The molecule has 1 saturated carbocycles. The summed E-state index contributed by atoms with van der Waals surface area (Å²) in [6, 6.07) is 10.2. The Hall–Kier alpha value is -3.09. The van der Waals surface area contributed by atoms with Gasteiger partial charge in [-0.25, -0.2) is 19.0 Å². The smallest absolute Gasteiger partial charge is 0.250 e. The molecule has 1 unspecified atom stereocenters.